The lowest BCUT2D eigenvalue weighted by molar-refractivity contribution is -0.168. The van der Waals surface area contributed by atoms with E-state index in [1.165, 1.54) is 0 Å². The Morgan fingerprint density at radius 1 is 1.09 bits per heavy atom. The van der Waals surface area contributed by atoms with Crippen LogP contribution in [0.5, 0.6) is 0 Å². The van der Waals surface area contributed by atoms with Gasteiger partial charge in [0.15, 0.2) is 0 Å². The molecule has 0 aromatic heterocycles. The van der Waals surface area contributed by atoms with Gasteiger partial charge in [-0.3, -0.25) is 4.90 Å². The second kappa shape index (κ2) is 6.38. The molecule has 0 aromatic rings. The Kier molecular flexibility index (Phi) is 5.59. The van der Waals surface area contributed by atoms with Gasteiger partial charge >= 0.3 is 6.09 Å². The zero-order valence-corrected chi connectivity index (χ0v) is 15.4. The molecule has 0 radical (unpaired) electrons. The fraction of sp³-hybridized carbons (Fsp3) is 0.944. The molecule has 1 amide bonds. The Bertz CT molecular complexity index is 392. The van der Waals surface area contributed by atoms with Crippen LogP contribution in [0.1, 0.15) is 80.6 Å². The Balaban J connectivity index is 3.61. The van der Waals surface area contributed by atoms with Crippen molar-refractivity contribution in [3.05, 3.63) is 0 Å². The molecule has 130 valence electrons. The highest BCUT2D eigenvalue weighted by atomic mass is 16.4. The summed E-state index contributed by atoms with van der Waals surface area (Å²) in [5.74, 6) is -0.0580. The largest absolute Gasteiger partial charge is 0.465 e. The lowest BCUT2D eigenvalue weighted by Crippen LogP contribution is -2.73. The van der Waals surface area contributed by atoms with Crippen LogP contribution < -0.4 is 0 Å². The predicted molar refractivity (Wildman–Crippen MR) is 90.1 cm³/mol. The molecule has 1 heterocycles. The molecule has 1 rings (SSSR count). The van der Waals surface area contributed by atoms with Gasteiger partial charge in [-0.05, 0) is 37.5 Å². The summed E-state index contributed by atoms with van der Waals surface area (Å²) in [5, 5.41) is 21.0. The maximum absolute atomic E-state index is 12.2. The first-order chi connectivity index (χ1) is 10.1. The Morgan fingerprint density at radius 3 is 1.82 bits per heavy atom. The highest BCUT2D eigenvalue weighted by Gasteiger charge is 2.61. The standard InChI is InChI=1S/C18H35NO3/c1-8-17(9-2)12-13(20)14(16(5,6)7)18(10-3,11-4)19(17)15(21)22/h13-14,20H,8-12H2,1-7H3,(H,21,22). The summed E-state index contributed by atoms with van der Waals surface area (Å²) in [6.07, 6.45) is 2.18. The number of piperidine rings is 1. The molecule has 1 saturated heterocycles. The minimum atomic E-state index is -0.839. The average molecular weight is 313 g/mol. The molecule has 1 aliphatic rings. The lowest BCUT2D eigenvalue weighted by Gasteiger charge is -2.64. The number of aliphatic hydroxyl groups is 1. The zero-order chi connectivity index (χ0) is 17.3. The molecule has 0 saturated carbocycles. The number of rotatable bonds is 4. The molecule has 0 spiro atoms. The molecule has 1 fully saturated rings. The molecule has 2 unspecified atom stereocenters. The van der Waals surface area contributed by atoms with Crippen molar-refractivity contribution in [1.29, 1.82) is 0 Å². The fourth-order valence-electron chi connectivity index (χ4n) is 5.21. The minimum Gasteiger partial charge on any atom is -0.465 e. The van der Waals surface area contributed by atoms with Crippen LogP contribution in [0, 0.1) is 11.3 Å². The van der Waals surface area contributed by atoms with Gasteiger partial charge in [0, 0.05) is 11.5 Å². The molecule has 1 aliphatic heterocycles. The van der Waals surface area contributed by atoms with Gasteiger partial charge < -0.3 is 10.2 Å². The van der Waals surface area contributed by atoms with Crippen molar-refractivity contribution in [1.82, 2.24) is 4.90 Å². The molecule has 2 N–H and O–H groups in total. The van der Waals surface area contributed by atoms with E-state index in [-0.39, 0.29) is 11.3 Å². The third-order valence-corrected chi connectivity index (χ3v) is 6.14. The van der Waals surface area contributed by atoms with Gasteiger partial charge in [-0.2, -0.15) is 0 Å². The molecule has 0 aliphatic carbocycles. The summed E-state index contributed by atoms with van der Waals surface area (Å²) in [6.45, 7) is 14.6. The van der Waals surface area contributed by atoms with Crippen LogP contribution >= 0.6 is 0 Å². The van der Waals surface area contributed by atoms with E-state index in [1.807, 2.05) is 13.8 Å². The first kappa shape index (κ1) is 19.3. The number of carbonyl (C=O) groups is 1. The SMILES string of the molecule is CCC1(CC)CC(O)C(C(C)(C)C)C(CC)(CC)N1C(=O)O. The van der Waals surface area contributed by atoms with E-state index in [9.17, 15) is 15.0 Å². The van der Waals surface area contributed by atoms with Gasteiger partial charge in [-0.1, -0.05) is 48.5 Å². The van der Waals surface area contributed by atoms with Gasteiger partial charge in [0.05, 0.1) is 11.6 Å². The third kappa shape index (κ3) is 2.75. The fourth-order valence-corrected chi connectivity index (χ4v) is 5.21. The predicted octanol–water partition coefficient (Wildman–Crippen LogP) is 4.51. The molecule has 4 nitrogen and oxygen atoms in total. The Hall–Kier alpha value is -0.770. The number of carboxylic acid groups (broad SMARTS) is 1. The molecule has 2 atom stereocenters. The molecule has 4 heteroatoms. The second-order valence-corrected chi connectivity index (χ2v) is 7.98. The van der Waals surface area contributed by atoms with Crippen molar-refractivity contribution in [2.24, 2.45) is 11.3 Å². The van der Waals surface area contributed by atoms with Crippen molar-refractivity contribution < 1.29 is 15.0 Å². The van der Waals surface area contributed by atoms with Crippen molar-refractivity contribution in [2.45, 2.75) is 97.8 Å². The van der Waals surface area contributed by atoms with Crippen molar-refractivity contribution in [2.75, 3.05) is 0 Å². The zero-order valence-electron chi connectivity index (χ0n) is 15.4. The van der Waals surface area contributed by atoms with Crippen molar-refractivity contribution >= 4 is 6.09 Å². The van der Waals surface area contributed by atoms with Gasteiger partial charge in [-0.15, -0.1) is 0 Å². The smallest absolute Gasteiger partial charge is 0.408 e. The average Bonchev–Trinajstić information content (AvgIpc) is 2.43. The number of hydrogen-bond acceptors (Lipinski definition) is 2. The highest BCUT2D eigenvalue weighted by molar-refractivity contribution is 5.68. The summed E-state index contributed by atoms with van der Waals surface area (Å²) >= 11 is 0. The quantitative estimate of drug-likeness (QED) is 0.802. The summed E-state index contributed by atoms with van der Waals surface area (Å²) in [6, 6.07) is 0. The van der Waals surface area contributed by atoms with Crippen LogP contribution in [0.2, 0.25) is 0 Å². The minimum absolute atomic E-state index is 0.0580. The maximum atomic E-state index is 12.2. The molecule has 0 aromatic carbocycles. The van der Waals surface area contributed by atoms with Crippen molar-refractivity contribution in [3.63, 3.8) is 0 Å². The van der Waals surface area contributed by atoms with E-state index in [2.05, 4.69) is 34.6 Å². The highest BCUT2D eigenvalue weighted by Crippen LogP contribution is 2.54. The van der Waals surface area contributed by atoms with Gasteiger partial charge in [0.1, 0.15) is 0 Å². The summed E-state index contributed by atoms with van der Waals surface area (Å²) in [7, 11) is 0. The Labute approximate surface area is 135 Å². The first-order valence-corrected chi connectivity index (χ1v) is 8.77. The number of nitrogens with zero attached hydrogens (tertiary/aromatic N) is 1. The van der Waals surface area contributed by atoms with Crippen LogP contribution in [0.25, 0.3) is 0 Å². The van der Waals surface area contributed by atoms with E-state index in [0.717, 1.165) is 25.7 Å². The molecule has 0 bridgehead atoms. The first-order valence-electron chi connectivity index (χ1n) is 8.77. The van der Waals surface area contributed by atoms with Crippen molar-refractivity contribution in [3.8, 4) is 0 Å². The van der Waals surface area contributed by atoms with Gasteiger partial charge in [0.2, 0.25) is 0 Å². The summed E-state index contributed by atoms with van der Waals surface area (Å²) in [5.41, 5.74) is -1.11. The van der Waals surface area contributed by atoms with Gasteiger partial charge in [0.25, 0.3) is 0 Å². The van der Waals surface area contributed by atoms with E-state index in [0.29, 0.717) is 6.42 Å². The third-order valence-electron chi connectivity index (χ3n) is 6.14. The van der Waals surface area contributed by atoms with Crippen LogP contribution in [-0.4, -0.2) is 38.4 Å². The number of aliphatic hydroxyl groups excluding tert-OH is 1. The maximum Gasteiger partial charge on any atom is 0.408 e. The number of amides is 1. The topological polar surface area (TPSA) is 60.8 Å². The van der Waals surface area contributed by atoms with Crippen LogP contribution in [0.3, 0.4) is 0 Å². The van der Waals surface area contributed by atoms with Crippen LogP contribution in [-0.2, 0) is 0 Å². The van der Waals surface area contributed by atoms with E-state index in [4.69, 9.17) is 0 Å². The molecular formula is C18H35NO3. The van der Waals surface area contributed by atoms with E-state index < -0.39 is 23.3 Å². The van der Waals surface area contributed by atoms with E-state index >= 15 is 0 Å². The van der Waals surface area contributed by atoms with E-state index in [1.54, 1.807) is 4.90 Å². The summed E-state index contributed by atoms with van der Waals surface area (Å²) < 4.78 is 0. The Morgan fingerprint density at radius 2 is 1.55 bits per heavy atom. The van der Waals surface area contributed by atoms with Crippen LogP contribution in [0.15, 0.2) is 0 Å². The molecule has 22 heavy (non-hydrogen) atoms. The summed E-state index contributed by atoms with van der Waals surface area (Å²) in [4.78, 5) is 14.0. The van der Waals surface area contributed by atoms with Crippen LogP contribution in [0.4, 0.5) is 4.79 Å². The number of hydrogen-bond donors (Lipinski definition) is 2. The second-order valence-electron chi connectivity index (χ2n) is 7.98. The molecular weight excluding hydrogens is 278 g/mol. The van der Waals surface area contributed by atoms with Gasteiger partial charge in [-0.25, -0.2) is 4.79 Å². The normalized spacial score (nSPS) is 27.7. The number of likely N-dealkylation sites (tertiary alicyclic amines) is 1. The monoisotopic (exact) mass is 313 g/mol. The lowest BCUT2D eigenvalue weighted by atomic mass is 9.57.